The van der Waals surface area contributed by atoms with E-state index in [0.717, 1.165) is 12.3 Å². The van der Waals surface area contributed by atoms with Crippen molar-refractivity contribution in [3.63, 3.8) is 0 Å². The van der Waals surface area contributed by atoms with Crippen molar-refractivity contribution in [3.05, 3.63) is 59.3 Å². The zero-order valence-corrected chi connectivity index (χ0v) is 17.7. The van der Waals surface area contributed by atoms with Crippen molar-refractivity contribution in [1.29, 1.82) is 0 Å². The SMILES string of the molecule is O=C(c1ccc(C2(O)CS(=O)(=O)C2)cc1)N1CCC(Oc2ccc(C(F)(F)F)cn2)CC1. The van der Waals surface area contributed by atoms with E-state index in [1.165, 1.54) is 6.07 Å². The van der Waals surface area contributed by atoms with Gasteiger partial charge in [-0.15, -0.1) is 0 Å². The minimum absolute atomic E-state index is 0.106. The molecule has 2 saturated heterocycles. The van der Waals surface area contributed by atoms with Gasteiger partial charge in [-0.05, 0) is 23.8 Å². The molecule has 11 heteroatoms. The van der Waals surface area contributed by atoms with Crippen molar-refractivity contribution in [2.75, 3.05) is 24.6 Å². The minimum Gasteiger partial charge on any atom is -0.474 e. The molecule has 0 atom stereocenters. The van der Waals surface area contributed by atoms with Crippen LogP contribution in [0.5, 0.6) is 5.88 Å². The Morgan fingerprint density at radius 1 is 1.09 bits per heavy atom. The van der Waals surface area contributed by atoms with Gasteiger partial charge in [0, 0.05) is 43.8 Å². The molecule has 172 valence electrons. The van der Waals surface area contributed by atoms with Gasteiger partial charge in [0.15, 0.2) is 9.84 Å². The van der Waals surface area contributed by atoms with Gasteiger partial charge in [0.25, 0.3) is 5.91 Å². The predicted molar refractivity (Wildman–Crippen MR) is 108 cm³/mol. The van der Waals surface area contributed by atoms with Crippen LogP contribution in [0.25, 0.3) is 0 Å². The number of carbonyl (C=O) groups is 1. The van der Waals surface area contributed by atoms with Crippen LogP contribution in [0.2, 0.25) is 0 Å². The van der Waals surface area contributed by atoms with Crippen LogP contribution < -0.4 is 4.74 Å². The summed E-state index contributed by atoms with van der Waals surface area (Å²) in [6.45, 7) is 0.822. The first-order valence-corrected chi connectivity index (χ1v) is 11.8. The average Bonchev–Trinajstić information content (AvgIpc) is 2.72. The first-order chi connectivity index (χ1) is 15.0. The van der Waals surface area contributed by atoms with Gasteiger partial charge in [0.1, 0.15) is 11.7 Å². The Morgan fingerprint density at radius 2 is 1.72 bits per heavy atom. The molecule has 0 spiro atoms. The van der Waals surface area contributed by atoms with E-state index in [2.05, 4.69) is 4.98 Å². The molecule has 1 aromatic heterocycles. The third-order valence-electron chi connectivity index (χ3n) is 5.67. The number of benzene rings is 1. The van der Waals surface area contributed by atoms with E-state index >= 15 is 0 Å². The van der Waals surface area contributed by atoms with E-state index in [4.69, 9.17) is 4.74 Å². The standard InChI is InChI=1S/C21H21F3N2O5S/c22-21(23,24)16-5-6-18(25-11-16)31-17-7-9-26(10-8-17)19(27)14-1-3-15(4-2-14)20(28)12-32(29,30)13-20/h1-6,11,17,28H,7-10,12-13H2. The van der Waals surface area contributed by atoms with Gasteiger partial charge >= 0.3 is 6.18 Å². The molecule has 2 aliphatic heterocycles. The summed E-state index contributed by atoms with van der Waals surface area (Å²) in [5.41, 5.74) is -1.37. The summed E-state index contributed by atoms with van der Waals surface area (Å²) in [6.07, 6.45) is -2.98. The Balaban J connectivity index is 1.31. The lowest BCUT2D eigenvalue weighted by Crippen LogP contribution is -2.52. The summed E-state index contributed by atoms with van der Waals surface area (Å²) in [7, 11) is -3.21. The number of hydrogen-bond donors (Lipinski definition) is 1. The van der Waals surface area contributed by atoms with Crippen molar-refractivity contribution >= 4 is 15.7 Å². The zero-order valence-electron chi connectivity index (χ0n) is 16.9. The van der Waals surface area contributed by atoms with E-state index in [1.54, 1.807) is 29.2 Å². The number of piperidine rings is 1. The highest BCUT2D eigenvalue weighted by molar-refractivity contribution is 7.92. The number of aromatic nitrogens is 1. The van der Waals surface area contributed by atoms with Crippen LogP contribution in [0.3, 0.4) is 0 Å². The first-order valence-electron chi connectivity index (χ1n) is 9.98. The van der Waals surface area contributed by atoms with Crippen LogP contribution in [-0.4, -0.2) is 60.0 Å². The van der Waals surface area contributed by atoms with Crippen LogP contribution in [0.4, 0.5) is 13.2 Å². The van der Waals surface area contributed by atoms with E-state index in [1.807, 2.05) is 0 Å². The fourth-order valence-electron chi connectivity index (χ4n) is 3.92. The molecule has 32 heavy (non-hydrogen) atoms. The molecule has 2 aromatic rings. The topological polar surface area (TPSA) is 96.8 Å². The van der Waals surface area contributed by atoms with Crippen molar-refractivity contribution in [1.82, 2.24) is 9.88 Å². The number of halogens is 3. The Labute approximate surface area is 182 Å². The smallest absolute Gasteiger partial charge is 0.417 e. The molecule has 0 radical (unpaired) electrons. The molecule has 1 amide bonds. The number of nitrogens with zero attached hydrogens (tertiary/aromatic N) is 2. The largest absolute Gasteiger partial charge is 0.474 e. The fourth-order valence-corrected chi connectivity index (χ4v) is 5.63. The highest BCUT2D eigenvalue weighted by Gasteiger charge is 2.48. The van der Waals surface area contributed by atoms with Crippen molar-refractivity contribution in [2.45, 2.75) is 30.7 Å². The Morgan fingerprint density at radius 3 is 2.22 bits per heavy atom. The summed E-state index contributed by atoms with van der Waals surface area (Å²) >= 11 is 0. The lowest BCUT2D eigenvalue weighted by atomic mass is 9.95. The molecule has 0 aliphatic carbocycles. The first kappa shape index (κ1) is 22.5. The zero-order chi connectivity index (χ0) is 23.1. The molecule has 0 saturated carbocycles. The number of amides is 1. The van der Waals surface area contributed by atoms with Crippen LogP contribution in [0, 0.1) is 0 Å². The van der Waals surface area contributed by atoms with Crippen molar-refractivity contribution < 1.29 is 36.2 Å². The Kier molecular flexibility index (Phi) is 5.66. The minimum atomic E-state index is -4.46. The lowest BCUT2D eigenvalue weighted by Gasteiger charge is -2.36. The molecule has 0 bridgehead atoms. The lowest BCUT2D eigenvalue weighted by molar-refractivity contribution is -0.137. The summed E-state index contributed by atoms with van der Waals surface area (Å²) in [5.74, 6) is -0.742. The van der Waals surface area contributed by atoms with Gasteiger partial charge in [-0.25, -0.2) is 13.4 Å². The van der Waals surface area contributed by atoms with Crippen LogP contribution in [0.1, 0.15) is 34.3 Å². The number of carbonyl (C=O) groups excluding carboxylic acids is 1. The van der Waals surface area contributed by atoms with Crippen molar-refractivity contribution in [2.24, 2.45) is 0 Å². The summed E-state index contributed by atoms with van der Waals surface area (Å²) < 4.78 is 66.2. The van der Waals surface area contributed by atoms with Gasteiger partial charge in [-0.1, -0.05) is 12.1 Å². The second kappa shape index (κ2) is 8.04. The molecule has 7 nitrogen and oxygen atoms in total. The van der Waals surface area contributed by atoms with Gasteiger partial charge in [0.05, 0.1) is 17.1 Å². The van der Waals surface area contributed by atoms with Crippen LogP contribution >= 0.6 is 0 Å². The summed E-state index contributed by atoms with van der Waals surface area (Å²) in [5, 5.41) is 10.4. The maximum Gasteiger partial charge on any atom is 0.417 e. The van der Waals surface area contributed by atoms with Gasteiger partial charge < -0.3 is 14.7 Å². The average molecular weight is 470 g/mol. The third-order valence-corrected chi connectivity index (χ3v) is 7.50. The number of rotatable bonds is 4. The number of ether oxygens (including phenoxy) is 1. The molecule has 1 aromatic carbocycles. The maximum absolute atomic E-state index is 12.8. The third kappa shape index (κ3) is 4.73. The fraction of sp³-hybridized carbons (Fsp3) is 0.429. The highest BCUT2D eigenvalue weighted by Crippen LogP contribution is 2.34. The van der Waals surface area contributed by atoms with Crippen molar-refractivity contribution in [3.8, 4) is 5.88 Å². The van der Waals surface area contributed by atoms with Gasteiger partial charge in [-0.2, -0.15) is 13.2 Å². The van der Waals surface area contributed by atoms with E-state index in [0.29, 0.717) is 37.1 Å². The Hall–Kier alpha value is -2.66. The second-order valence-corrected chi connectivity index (χ2v) is 10.2. The molecule has 2 aliphatic rings. The van der Waals surface area contributed by atoms with E-state index < -0.39 is 27.2 Å². The molecule has 0 unspecified atom stereocenters. The van der Waals surface area contributed by atoms with E-state index in [-0.39, 0.29) is 29.4 Å². The van der Waals surface area contributed by atoms with Crippen LogP contribution in [0.15, 0.2) is 42.6 Å². The normalized spacial score (nSPS) is 20.4. The molecule has 1 N–H and O–H groups in total. The number of aliphatic hydroxyl groups is 1. The highest BCUT2D eigenvalue weighted by atomic mass is 32.2. The number of pyridine rings is 1. The van der Waals surface area contributed by atoms with Gasteiger partial charge in [0.2, 0.25) is 5.88 Å². The van der Waals surface area contributed by atoms with Gasteiger partial charge in [-0.3, -0.25) is 4.79 Å². The monoisotopic (exact) mass is 470 g/mol. The molecular formula is C21H21F3N2O5S. The van der Waals surface area contributed by atoms with E-state index in [9.17, 15) is 31.5 Å². The molecule has 2 fully saturated rings. The predicted octanol–water partition coefficient (Wildman–Crippen LogP) is 2.40. The quantitative estimate of drug-likeness (QED) is 0.737. The molecular weight excluding hydrogens is 449 g/mol. The van der Waals surface area contributed by atoms with Crippen LogP contribution in [-0.2, 0) is 21.6 Å². The number of likely N-dealkylation sites (tertiary alicyclic amines) is 1. The number of alkyl halides is 3. The maximum atomic E-state index is 12.8. The summed E-state index contributed by atoms with van der Waals surface area (Å²) in [4.78, 5) is 18.1. The second-order valence-electron chi connectivity index (χ2n) is 8.13. The molecule has 3 heterocycles. The number of hydrogen-bond acceptors (Lipinski definition) is 6. The molecule has 4 rings (SSSR count). The summed E-state index contributed by atoms with van der Waals surface area (Å²) in [6, 6.07) is 8.36. The Bertz CT molecular complexity index is 1080. The number of sulfone groups is 1.